The first-order chi connectivity index (χ1) is 10.6. The second kappa shape index (κ2) is 5.99. The fourth-order valence-corrected chi connectivity index (χ4v) is 2.86. The number of rotatable bonds is 7. The van der Waals surface area contributed by atoms with Gasteiger partial charge < -0.3 is 15.4 Å². The lowest BCUT2D eigenvalue weighted by Gasteiger charge is -2.29. The van der Waals surface area contributed by atoms with Crippen molar-refractivity contribution in [2.75, 3.05) is 6.61 Å². The summed E-state index contributed by atoms with van der Waals surface area (Å²) in [4.78, 5) is 25.5. The lowest BCUT2D eigenvalue weighted by molar-refractivity contribution is -0.136. The van der Waals surface area contributed by atoms with E-state index in [0.717, 1.165) is 12.8 Å². The molecule has 2 aliphatic carbocycles. The van der Waals surface area contributed by atoms with E-state index in [2.05, 4.69) is 6.92 Å². The molecule has 0 aromatic heterocycles. The number of benzene rings is 1. The first kappa shape index (κ1) is 14.9. The topological polar surface area (TPSA) is 72.6 Å². The quantitative estimate of drug-likeness (QED) is 0.836. The van der Waals surface area contributed by atoms with Crippen LogP contribution in [0.25, 0.3) is 0 Å². The molecule has 2 N–H and O–H groups in total. The van der Waals surface area contributed by atoms with Crippen LogP contribution >= 0.6 is 0 Å². The van der Waals surface area contributed by atoms with Crippen molar-refractivity contribution in [3.05, 3.63) is 29.8 Å². The molecule has 0 saturated heterocycles. The van der Waals surface area contributed by atoms with E-state index in [1.54, 1.807) is 24.3 Å². The van der Waals surface area contributed by atoms with Gasteiger partial charge in [0.2, 0.25) is 5.91 Å². The summed E-state index contributed by atoms with van der Waals surface area (Å²) < 4.78 is 5.57. The predicted molar refractivity (Wildman–Crippen MR) is 82.5 cm³/mol. The molecule has 3 rings (SSSR count). The molecule has 1 aromatic rings. The highest BCUT2D eigenvalue weighted by molar-refractivity contribution is 5.92. The minimum absolute atomic E-state index is 0.0451. The van der Waals surface area contributed by atoms with Crippen LogP contribution in [0.1, 0.15) is 43.0 Å². The number of hydrogen-bond acceptors (Lipinski definition) is 3. The summed E-state index contributed by atoms with van der Waals surface area (Å²) in [5.74, 6) is 0.828. The molecular weight excluding hydrogens is 280 g/mol. The molecule has 2 amide bonds. The van der Waals surface area contributed by atoms with Gasteiger partial charge >= 0.3 is 0 Å². The van der Waals surface area contributed by atoms with E-state index >= 15 is 0 Å². The first-order valence-corrected chi connectivity index (χ1v) is 7.90. The van der Waals surface area contributed by atoms with E-state index in [1.165, 1.54) is 12.8 Å². The molecule has 0 aliphatic heterocycles. The number of amides is 2. The van der Waals surface area contributed by atoms with Crippen LogP contribution in [0, 0.1) is 5.92 Å². The summed E-state index contributed by atoms with van der Waals surface area (Å²) in [6, 6.07) is 7.27. The van der Waals surface area contributed by atoms with Gasteiger partial charge in [0.15, 0.2) is 6.61 Å². The van der Waals surface area contributed by atoms with Crippen LogP contribution in [-0.2, 0) is 4.79 Å². The van der Waals surface area contributed by atoms with Gasteiger partial charge in [-0.15, -0.1) is 0 Å². The molecule has 2 fully saturated rings. The van der Waals surface area contributed by atoms with Gasteiger partial charge in [-0.3, -0.25) is 9.59 Å². The molecule has 0 spiro atoms. The third kappa shape index (κ3) is 3.40. The van der Waals surface area contributed by atoms with Gasteiger partial charge in [-0.25, -0.2) is 0 Å². The van der Waals surface area contributed by atoms with Crippen molar-refractivity contribution >= 4 is 11.8 Å². The van der Waals surface area contributed by atoms with Crippen molar-refractivity contribution in [3.63, 3.8) is 0 Å². The number of nitrogens with two attached hydrogens (primary N) is 1. The number of hydrogen-bond donors (Lipinski definition) is 1. The Hall–Kier alpha value is -2.04. The summed E-state index contributed by atoms with van der Waals surface area (Å²) in [6.45, 7) is 2.19. The molecule has 0 radical (unpaired) electrons. The molecule has 2 aliphatic rings. The summed E-state index contributed by atoms with van der Waals surface area (Å²) in [5.41, 5.74) is 5.62. The lowest BCUT2D eigenvalue weighted by Crippen LogP contribution is -2.44. The molecular formula is C17H22N2O3. The van der Waals surface area contributed by atoms with Gasteiger partial charge in [-0.2, -0.15) is 0 Å². The minimum Gasteiger partial charge on any atom is -0.484 e. The molecule has 0 heterocycles. The molecule has 22 heavy (non-hydrogen) atoms. The normalized spacial score (nSPS) is 18.6. The van der Waals surface area contributed by atoms with E-state index in [9.17, 15) is 9.59 Å². The van der Waals surface area contributed by atoms with Crippen LogP contribution in [-0.4, -0.2) is 35.4 Å². The van der Waals surface area contributed by atoms with Crippen molar-refractivity contribution in [1.29, 1.82) is 0 Å². The molecule has 2 saturated carbocycles. The van der Waals surface area contributed by atoms with Crippen LogP contribution in [0.2, 0.25) is 0 Å². The summed E-state index contributed by atoms with van der Waals surface area (Å²) in [6.07, 6.45) is 4.67. The zero-order chi connectivity index (χ0) is 15.7. The SMILES string of the molecule is CC(C1CC1)N(C(=O)COc1ccc(C(N)=O)cc1)C1CC1. The van der Waals surface area contributed by atoms with Crippen molar-refractivity contribution < 1.29 is 14.3 Å². The lowest BCUT2D eigenvalue weighted by atomic mass is 10.1. The predicted octanol–water partition coefficient (Wildman–Crippen LogP) is 1.95. The molecule has 5 heteroatoms. The van der Waals surface area contributed by atoms with Crippen molar-refractivity contribution in [2.45, 2.75) is 44.7 Å². The summed E-state index contributed by atoms with van der Waals surface area (Å²) in [7, 11) is 0. The highest BCUT2D eigenvalue weighted by atomic mass is 16.5. The van der Waals surface area contributed by atoms with E-state index < -0.39 is 5.91 Å². The molecule has 1 aromatic carbocycles. The minimum atomic E-state index is -0.471. The first-order valence-electron chi connectivity index (χ1n) is 7.90. The molecule has 1 unspecified atom stereocenters. The van der Waals surface area contributed by atoms with Crippen LogP contribution in [0.3, 0.4) is 0 Å². The number of carbonyl (C=O) groups excluding carboxylic acids is 2. The zero-order valence-corrected chi connectivity index (χ0v) is 12.8. The van der Waals surface area contributed by atoms with Crippen LogP contribution in [0.4, 0.5) is 0 Å². The second-order valence-corrected chi connectivity index (χ2v) is 6.29. The van der Waals surface area contributed by atoms with Crippen molar-refractivity contribution in [3.8, 4) is 5.75 Å². The van der Waals surface area contributed by atoms with Gasteiger partial charge in [0.1, 0.15) is 5.75 Å². The van der Waals surface area contributed by atoms with Crippen LogP contribution in [0.15, 0.2) is 24.3 Å². The Balaban J connectivity index is 1.57. The van der Waals surface area contributed by atoms with E-state index in [4.69, 9.17) is 10.5 Å². The Kier molecular flexibility index (Phi) is 4.05. The highest BCUT2D eigenvalue weighted by Crippen LogP contribution is 2.39. The fourth-order valence-electron chi connectivity index (χ4n) is 2.86. The Morgan fingerprint density at radius 3 is 2.36 bits per heavy atom. The van der Waals surface area contributed by atoms with Crippen LogP contribution in [0.5, 0.6) is 5.75 Å². The van der Waals surface area contributed by atoms with E-state index in [0.29, 0.717) is 29.3 Å². The van der Waals surface area contributed by atoms with Gasteiger partial charge in [0.05, 0.1) is 0 Å². The third-order valence-electron chi connectivity index (χ3n) is 4.47. The van der Waals surface area contributed by atoms with E-state index in [1.807, 2.05) is 4.90 Å². The fraction of sp³-hybridized carbons (Fsp3) is 0.529. The van der Waals surface area contributed by atoms with Crippen molar-refractivity contribution in [1.82, 2.24) is 4.90 Å². The maximum Gasteiger partial charge on any atom is 0.261 e. The number of ether oxygens (including phenoxy) is 1. The molecule has 1 atom stereocenters. The molecule has 118 valence electrons. The maximum absolute atomic E-state index is 12.5. The number of primary amides is 1. The Morgan fingerprint density at radius 1 is 1.23 bits per heavy atom. The standard InChI is InChI=1S/C17H22N2O3/c1-11(12-2-3-12)19(14-6-7-14)16(20)10-22-15-8-4-13(5-9-15)17(18)21/h4-5,8-9,11-12,14H,2-3,6-7,10H2,1H3,(H2,18,21). The van der Waals surface area contributed by atoms with Gasteiger partial charge in [0, 0.05) is 17.6 Å². The zero-order valence-electron chi connectivity index (χ0n) is 12.8. The highest BCUT2D eigenvalue weighted by Gasteiger charge is 2.41. The molecule has 5 nitrogen and oxygen atoms in total. The monoisotopic (exact) mass is 302 g/mol. The van der Waals surface area contributed by atoms with E-state index in [-0.39, 0.29) is 12.5 Å². The van der Waals surface area contributed by atoms with Gasteiger partial charge in [0.25, 0.3) is 5.91 Å². The smallest absolute Gasteiger partial charge is 0.261 e. The average molecular weight is 302 g/mol. The Labute approximate surface area is 130 Å². The van der Waals surface area contributed by atoms with Gasteiger partial charge in [-0.1, -0.05) is 0 Å². The average Bonchev–Trinajstić information content (AvgIpc) is 3.38. The number of carbonyl (C=O) groups is 2. The second-order valence-electron chi connectivity index (χ2n) is 6.29. The van der Waals surface area contributed by atoms with Crippen LogP contribution < -0.4 is 10.5 Å². The van der Waals surface area contributed by atoms with Gasteiger partial charge in [-0.05, 0) is 62.8 Å². The Morgan fingerprint density at radius 2 is 1.86 bits per heavy atom. The Bertz CT molecular complexity index is 562. The summed E-state index contributed by atoms with van der Waals surface area (Å²) >= 11 is 0. The number of nitrogens with zero attached hydrogens (tertiary/aromatic N) is 1. The maximum atomic E-state index is 12.5. The third-order valence-corrected chi connectivity index (χ3v) is 4.47. The van der Waals surface area contributed by atoms with Crippen molar-refractivity contribution in [2.24, 2.45) is 11.7 Å². The largest absolute Gasteiger partial charge is 0.484 e. The summed E-state index contributed by atoms with van der Waals surface area (Å²) in [5, 5.41) is 0. The molecule has 0 bridgehead atoms.